The minimum absolute atomic E-state index is 0.413. The Balaban J connectivity index is 1.62. The molecule has 1 aliphatic heterocycles. The summed E-state index contributed by atoms with van der Waals surface area (Å²) < 4.78 is 28.1. The lowest BCUT2D eigenvalue weighted by Crippen LogP contribution is -2.48. The SMILES string of the molecule is Cc1cccc(CN2CCN(S(=O)(=O)c3ccc(Br)s3)CC2)c1. The molecule has 0 N–H and O–H groups in total. The summed E-state index contributed by atoms with van der Waals surface area (Å²) in [6, 6.07) is 11.9. The van der Waals surface area contributed by atoms with E-state index in [1.54, 1.807) is 16.4 Å². The number of halogens is 1. The summed E-state index contributed by atoms with van der Waals surface area (Å²) in [5, 5.41) is 0. The van der Waals surface area contributed by atoms with Gasteiger partial charge in [-0.25, -0.2) is 8.42 Å². The van der Waals surface area contributed by atoms with Crippen LogP contribution in [0.3, 0.4) is 0 Å². The molecule has 1 saturated heterocycles. The van der Waals surface area contributed by atoms with E-state index in [4.69, 9.17) is 0 Å². The minimum Gasteiger partial charge on any atom is -0.296 e. The van der Waals surface area contributed by atoms with Crippen LogP contribution in [0, 0.1) is 6.92 Å². The van der Waals surface area contributed by atoms with Gasteiger partial charge in [-0.15, -0.1) is 11.3 Å². The summed E-state index contributed by atoms with van der Waals surface area (Å²) in [6.07, 6.45) is 0. The molecule has 1 aliphatic rings. The van der Waals surface area contributed by atoms with Crippen LogP contribution in [-0.4, -0.2) is 43.8 Å². The first kappa shape index (κ1) is 17.1. The Morgan fingerprint density at radius 3 is 2.48 bits per heavy atom. The monoisotopic (exact) mass is 414 g/mol. The third-order valence-corrected chi connectivity index (χ3v) is 7.95. The molecule has 23 heavy (non-hydrogen) atoms. The lowest BCUT2D eigenvalue weighted by atomic mass is 10.1. The molecule has 0 atom stereocenters. The molecule has 124 valence electrons. The fraction of sp³-hybridized carbons (Fsp3) is 0.375. The Hall–Kier alpha value is -0.730. The topological polar surface area (TPSA) is 40.6 Å². The van der Waals surface area contributed by atoms with Crippen LogP contribution in [0.1, 0.15) is 11.1 Å². The van der Waals surface area contributed by atoms with E-state index < -0.39 is 10.0 Å². The third kappa shape index (κ3) is 4.03. The first-order valence-electron chi connectivity index (χ1n) is 7.48. The lowest BCUT2D eigenvalue weighted by Gasteiger charge is -2.33. The summed E-state index contributed by atoms with van der Waals surface area (Å²) >= 11 is 4.60. The maximum atomic E-state index is 12.6. The van der Waals surface area contributed by atoms with E-state index in [1.807, 2.05) is 0 Å². The van der Waals surface area contributed by atoms with Crippen molar-refractivity contribution in [3.8, 4) is 0 Å². The second-order valence-electron chi connectivity index (χ2n) is 5.73. The van der Waals surface area contributed by atoms with Gasteiger partial charge in [0.05, 0.1) is 3.79 Å². The van der Waals surface area contributed by atoms with Gasteiger partial charge in [-0.2, -0.15) is 4.31 Å². The Morgan fingerprint density at radius 1 is 1.13 bits per heavy atom. The van der Waals surface area contributed by atoms with Gasteiger partial charge in [-0.3, -0.25) is 4.90 Å². The highest BCUT2D eigenvalue weighted by Crippen LogP contribution is 2.29. The van der Waals surface area contributed by atoms with Crippen LogP contribution in [-0.2, 0) is 16.6 Å². The normalized spacial score (nSPS) is 17.5. The van der Waals surface area contributed by atoms with Gasteiger partial charge in [0, 0.05) is 32.7 Å². The molecule has 2 aromatic rings. The standard InChI is InChI=1S/C16H19BrN2O2S2/c1-13-3-2-4-14(11-13)12-18-7-9-19(10-8-18)23(20,21)16-6-5-15(17)22-16/h2-6,11H,7-10,12H2,1H3. The fourth-order valence-electron chi connectivity index (χ4n) is 2.76. The van der Waals surface area contributed by atoms with Gasteiger partial charge >= 0.3 is 0 Å². The van der Waals surface area contributed by atoms with Gasteiger partial charge in [0.2, 0.25) is 0 Å². The van der Waals surface area contributed by atoms with E-state index in [-0.39, 0.29) is 0 Å². The van der Waals surface area contributed by atoms with Crippen LogP contribution in [0.25, 0.3) is 0 Å². The molecule has 7 heteroatoms. The molecule has 1 aromatic heterocycles. The highest BCUT2D eigenvalue weighted by Gasteiger charge is 2.29. The number of piperazine rings is 1. The highest BCUT2D eigenvalue weighted by atomic mass is 79.9. The number of nitrogens with zero attached hydrogens (tertiary/aromatic N) is 2. The van der Waals surface area contributed by atoms with Gasteiger partial charge in [0.15, 0.2) is 0 Å². The van der Waals surface area contributed by atoms with Crippen molar-refractivity contribution in [2.45, 2.75) is 17.7 Å². The van der Waals surface area contributed by atoms with Gasteiger partial charge in [-0.1, -0.05) is 29.8 Å². The summed E-state index contributed by atoms with van der Waals surface area (Å²) in [5.74, 6) is 0. The van der Waals surface area contributed by atoms with Crippen LogP contribution in [0.5, 0.6) is 0 Å². The molecule has 2 heterocycles. The first-order chi connectivity index (χ1) is 10.9. The molecular weight excluding hydrogens is 396 g/mol. The average molecular weight is 415 g/mol. The summed E-state index contributed by atoms with van der Waals surface area (Å²) in [4.78, 5) is 2.31. The highest BCUT2D eigenvalue weighted by molar-refractivity contribution is 9.11. The van der Waals surface area contributed by atoms with E-state index in [1.165, 1.54) is 22.5 Å². The van der Waals surface area contributed by atoms with Crippen molar-refractivity contribution in [1.82, 2.24) is 9.21 Å². The van der Waals surface area contributed by atoms with Crippen molar-refractivity contribution in [3.63, 3.8) is 0 Å². The fourth-order valence-corrected chi connectivity index (χ4v) is 6.35. The predicted octanol–water partition coefficient (Wildman–Crippen LogP) is 3.33. The van der Waals surface area contributed by atoms with Crippen molar-refractivity contribution in [2.24, 2.45) is 0 Å². The quantitative estimate of drug-likeness (QED) is 0.769. The molecule has 0 unspecified atom stereocenters. The van der Waals surface area contributed by atoms with Crippen LogP contribution in [0.15, 0.2) is 44.4 Å². The van der Waals surface area contributed by atoms with E-state index in [0.717, 1.165) is 23.4 Å². The van der Waals surface area contributed by atoms with Gasteiger partial charge in [0.25, 0.3) is 10.0 Å². The van der Waals surface area contributed by atoms with Crippen LogP contribution in [0.2, 0.25) is 0 Å². The molecule has 0 saturated carbocycles. The van der Waals surface area contributed by atoms with Gasteiger partial charge in [0.1, 0.15) is 4.21 Å². The molecule has 4 nitrogen and oxygen atoms in total. The summed E-state index contributed by atoms with van der Waals surface area (Å²) in [6.45, 7) is 5.58. The zero-order chi connectivity index (χ0) is 16.4. The van der Waals surface area contributed by atoms with Gasteiger partial charge in [-0.05, 0) is 40.5 Å². The van der Waals surface area contributed by atoms with Crippen molar-refractivity contribution >= 4 is 37.3 Å². The maximum Gasteiger partial charge on any atom is 0.252 e. The van der Waals surface area contributed by atoms with Crippen LogP contribution >= 0.6 is 27.3 Å². The van der Waals surface area contributed by atoms with E-state index >= 15 is 0 Å². The molecule has 0 aliphatic carbocycles. The smallest absolute Gasteiger partial charge is 0.252 e. The second kappa shape index (κ2) is 7.03. The molecule has 0 amide bonds. The molecule has 1 fully saturated rings. The van der Waals surface area contributed by atoms with Crippen LogP contribution < -0.4 is 0 Å². The Morgan fingerprint density at radius 2 is 1.87 bits per heavy atom. The van der Waals surface area contributed by atoms with Crippen LogP contribution in [0.4, 0.5) is 0 Å². The molecule has 0 radical (unpaired) electrons. The minimum atomic E-state index is -3.35. The zero-order valence-electron chi connectivity index (χ0n) is 12.9. The van der Waals surface area contributed by atoms with Crippen molar-refractivity contribution in [2.75, 3.05) is 26.2 Å². The number of thiophene rings is 1. The number of hydrogen-bond acceptors (Lipinski definition) is 4. The van der Waals surface area contributed by atoms with E-state index in [2.05, 4.69) is 52.0 Å². The maximum absolute atomic E-state index is 12.6. The zero-order valence-corrected chi connectivity index (χ0v) is 16.1. The third-order valence-electron chi connectivity index (χ3n) is 3.96. The summed E-state index contributed by atoms with van der Waals surface area (Å²) in [7, 11) is -3.35. The summed E-state index contributed by atoms with van der Waals surface area (Å²) in [5.41, 5.74) is 2.54. The molecule has 1 aromatic carbocycles. The number of aryl methyl sites for hydroxylation is 1. The molecule has 0 spiro atoms. The first-order valence-corrected chi connectivity index (χ1v) is 10.5. The number of rotatable bonds is 4. The lowest BCUT2D eigenvalue weighted by molar-refractivity contribution is 0.182. The Labute approximate surface area is 149 Å². The van der Waals surface area contributed by atoms with Gasteiger partial charge < -0.3 is 0 Å². The van der Waals surface area contributed by atoms with E-state index in [0.29, 0.717) is 17.3 Å². The number of sulfonamides is 1. The average Bonchev–Trinajstić information content (AvgIpc) is 2.95. The largest absolute Gasteiger partial charge is 0.296 e. The number of benzene rings is 1. The Kier molecular flexibility index (Phi) is 5.22. The molecule has 3 rings (SSSR count). The van der Waals surface area contributed by atoms with Crippen molar-refractivity contribution < 1.29 is 8.42 Å². The second-order valence-corrected chi connectivity index (χ2v) is 10.4. The Bertz CT molecular complexity index is 781. The van der Waals surface area contributed by atoms with E-state index in [9.17, 15) is 8.42 Å². The molecule has 0 bridgehead atoms. The number of hydrogen-bond donors (Lipinski definition) is 0. The molecular formula is C16H19BrN2O2S2. The van der Waals surface area contributed by atoms with Crippen molar-refractivity contribution in [1.29, 1.82) is 0 Å². The van der Waals surface area contributed by atoms with Crippen molar-refractivity contribution in [3.05, 3.63) is 51.3 Å². The predicted molar refractivity (Wildman–Crippen MR) is 97.2 cm³/mol.